The van der Waals surface area contributed by atoms with E-state index in [1.165, 1.54) is 22.7 Å². The fourth-order valence-corrected chi connectivity index (χ4v) is 2.36. The predicted molar refractivity (Wildman–Crippen MR) is 80.4 cm³/mol. The predicted octanol–water partition coefficient (Wildman–Crippen LogP) is 3.48. The van der Waals surface area contributed by atoms with E-state index in [9.17, 15) is 14.9 Å². The van der Waals surface area contributed by atoms with Gasteiger partial charge in [0.25, 0.3) is 5.69 Å². The molecule has 104 valence electrons. The van der Waals surface area contributed by atoms with Gasteiger partial charge >= 0.3 is 0 Å². The molecule has 0 saturated heterocycles. The highest BCUT2D eigenvalue weighted by atomic mass is 79.9. The van der Waals surface area contributed by atoms with Crippen LogP contribution in [0.15, 0.2) is 47.1 Å². The number of carbonyl (C=O) groups is 1. The van der Waals surface area contributed by atoms with Crippen LogP contribution in [-0.2, 0) is 0 Å². The molecule has 2 heterocycles. The van der Waals surface area contributed by atoms with Gasteiger partial charge in [-0.05, 0) is 18.2 Å². The van der Waals surface area contributed by atoms with Crippen molar-refractivity contribution in [3.8, 4) is 11.3 Å². The van der Waals surface area contributed by atoms with Crippen molar-refractivity contribution in [3.63, 3.8) is 0 Å². The molecule has 0 N–H and O–H groups in total. The molecule has 6 nitrogen and oxygen atoms in total. The molecule has 7 heteroatoms. The van der Waals surface area contributed by atoms with Gasteiger partial charge in [0, 0.05) is 16.1 Å². The third-order valence-corrected chi connectivity index (χ3v) is 3.61. The van der Waals surface area contributed by atoms with Crippen LogP contribution in [0.1, 0.15) is 10.5 Å². The number of imidazole rings is 1. The Morgan fingerprint density at radius 3 is 2.52 bits per heavy atom. The molecular formula is C14H8BrN3O3. The van der Waals surface area contributed by atoms with Gasteiger partial charge in [0.15, 0.2) is 6.29 Å². The summed E-state index contributed by atoms with van der Waals surface area (Å²) in [6, 6.07) is 10.2. The van der Waals surface area contributed by atoms with Crippen LogP contribution in [0.3, 0.4) is 0 Å². The van der Waals surface area contributed by atoms with E-state index in [-0.39, 0.29) is 11.4 Å². The SMILES string of the molecule is O=Cc1c(-c2ccc(Br)cc2)nc2ccc([N+](=O)[O-])cn12. The van der Waals surface area contributed by atoms with Gasteiger partial charge in [-0.2, -0.15) is 0 Å². The lowest BCUT2D eigenvalue weighted by atomic mass is 10.1. The third kappa shape index (κ3) is 2.31. The third-order valence-electron chi connectivity index (χ3n) is 3.08. The summed E-state index contributed by atoms with van der Waals surface area (Å²) in [4.78, 5) is 26.1. The molecule has 2 aromatic heterocycles. The van der Waals surface area contributed by atoms with Crippen LogP contribution in [0.5, 0.6) is 0 Å². The highest BCUT2D eigenvalue weighted by Gasteiger charge is 2.16. The largest absolute Gasteiger partial charge is 0.296 e. The van der Waals surface area contributed by atoms with E-state index in [2.05, 4.69) is 20.9 Å². The minimum Gasteiger partial charge on any atom is -0.296 e. The van der Waals surface area contributed by atoms with E-state index in [0.29, 0.717) is 17.6 Å². The second kappa shape index (κ2) is 5.10. The first-order valence-corrected chi connectivity index (χ1v) is 6.77. The molecule has 3 rings (SSSR count). The second-order valence-electron chi connectivity index (χ2n) is 4.34. The van der Waals surface area contributed by atoms with Crippen molar-refractivity contribution in [2.45, 2.75) is 0 Å². The van der Waals surface area contributed by atoms with Crippen molar-refractivity contribution in [3.05, 3.63) is 62.9 Å². The Labute approximate surface area is 127 Å². The van der Waals surface area contributed by atoms with Crippen molar-refractivity contribution >= 4 is 33.6 Å². The minimum absolute atomic E-state index is 0.0923. The Kier molecular flexibility index (Phi) is 3.26. The number of rotatable bonds is 3. The summed E-state index contributed by atoms with van der Waals surface area (Å²) >= 11 is 3.34. The number of aldehydes is 1. The van der Waals surface area contributed by atoms with Crippen LogP contribution in [0.2, 0.25) is 0 Å². The first kappa shape index (κ1) is 13.4. The molecule has 0 fully saturated rings. The number of fused-ring (bicyclic) bond motifs is 1. The first-order valence-electron chi connectivity index (χ1n) is 5.98. The van der Waals surface area contributed by atoms with Crippen molar-refractivity contribution in [1.29, 1.82) is 0 Å². The number of halogens is 1. The normalized spacial score (nSPS) is 10.7. The molecule has 0 aliphatic carbocycles. The van der Waals surface area contributed by atoms with E-state index >= 15 is 0 Å². The summed E-state index contributed by atoms with van der Waals surface area (Å²) in [6.45, 7) is 0. The van der Waals surface area contributed by atoms with Gasteiger partial charge in [0.05, 0.1) is 11.1 Å². The van der Waals surface area contributed by atoms with Crippen LogP contribution >= 0.6 is 15.9 Å². The van der Waals surface area contributed by atoms with Crippen molar-refractivity contribution in [2.75, 3.05) is 0 Å². The highest BCUT2D eigenvalue weighted by molar-refractivity contribution is 9.10. The quantitative estimate of drug-likeness (QED) is 0.413. The van der Waals surface area contributed by atoms with Crippen LogP contribution < -0.4 is 0 Å². The smallest absolute Gasteiger partial charge is 0.286 e. The zero-order valence-electron chi connectivity index (χ0n) is 10.6. The zero-order valence-corrected chi connectivity index (χ0v) is 12.1. The van der Waals surface area contributed by atoms with E-state index < -0.39 is 4.92 Å². The number of aromatic nitrogens is 2. The van der Waals surface area contributed by atoms with E-state index in [1.807, 2.05) is 24.3 Å². The van der Waals surface area contributed by atoms with Gasteiger partial charge in [-0.25, -0.2) is 4.98 Å². The first-order chi connectivity index (χ1) is 10.1. The van der Waals surface area contributed by atoms with Crippen LogP contribution in [0.4, 0.5) is 5.69 Å². The molecule has 21 heavy (non-hydrogen) atoms. The molecule has 0 aliphatic rings. The Balaban J connectivity index is 2.26. The Hall–Kier alpha value is -2.54. The highest BCUT2D eigenvalue weighted by Crippen LogP contribution is 2.26. The Morgan fingerprint density at radius 1 is 1.19 bits per heavy atom. The zero-order chi connectivity index (χ0) is 15.0. The maximum absolute atomic E-state index is 11.4. The van der Waals surface area contributed by atoms with Gasteiger partial charge in [-0.1, -0.05) is 28.1 Å². The van der Waals surface area contributed by atoms with Crippen LogP contribution in [0, 0.1) is 10.1 Å². The Bertz CT molecular complexity index is 856. The fraction of sp³-hybridized carbons (Fsp3) is 0. The molecule has 0 aliphatic heterocycles. The number of nitrogens with zero attached hydrogens (tertiary/aromatic N) is 3. The second-order valence-corrected chi connectivity index (χ2v) is 5.26. The van der Waals surface area contributed by atoms with Crippen molar-refractivity contribution < 1.29 is 9.72 Å². The summed E-state index contributed by atoms with van der Waals surface area (Å²) in [7, 11) is 0. The van der Waals surface area contributed by atoms with Gasteiger partial charge < -0.3 is 0 Å². The van der Waals surface area contributed by atoms with E-state index in [4.69, 9.17) is 0 Å². The molecular weight excluding hydrogens is 338 g/mol. The molecule has 0 atom stereocenters. The number of carbonyl (C=O) groups excluding carboxylic acids is 1. The van der Waals surface area contributed by atoms with Gasteiger partial charge in [0.2, 0.25) is 0 Å². The summed E-state index contributed by atoms with van der Waals surface area (Å²) in [5.41, 5.74) is 1.95. The van der Waals surface area contributed by atoms with Gasteiger partial charge in [-0.15, -0.1) is 0 Å². The van der Waals surface area contributed by atoms with Gasteiger partial charge in [0.1, 0.15) is 17.0 Å². The summed E-state index contributed by atoms with van der Waals surface area (Å²) in [6.07, 6.45) is 1.95. The lowest BCUT2D eigenvalue weighted by Gasteiger charge is -1.99. The molecule has 1 aromatic carbocycles. The van der Waals surface area contributed by atoms with E-state index in [1.54, 1.807) is 0 Å². The molecule has 0 unspecified atom stereocenters. The lowest BCUT2D eigenvalue weighted by molar-refractivity contribution is -0.385. The molecule has 0 saturated carbocycles. The summed E-state index contributed by atoms with van der Waals surface area (Å²) in [5.74, 6) is 0. The number of nitro groups is 1. The van der Waals surface area contributed by atoms with Crippen LogP contribution in [0.25, 0.3) is 16.9 Å². The Morgan fingerprint density at radius 2 is 1.90 bits per heavy atom. The lowest BCUT2D eigenvalue weighted by Crippen LogP contribution is -1.95. The molecule has 3 aromatic rings. The molecule has 0 spiro atoms. The maximum Gasteiger partial charge on any atom is 0.286 e. The minimum atomic E-state index is -0.507. The average molecular weight is 346 g/mol. The fourth-order valence-electron chi connectivity index (χ4n) is 2.09. The van der Waals surface area contributed by atoms with Crippen molar-refractivity contribution in [1.82, 2.24) is 9.38 Å². The summed E-state index contributed by atoms with van der Waals surface area (Å²) < 4.78 is 2.35. The monoisotopic (exact) mass is 345 g/mol. The van der Waals surface area contributed by atoms with Crippen LogP contribution in [-0.4, -0.2) is 20.6 Å². The number of benzene rings is 1. The number of hydrogen-bond acceptors (Lipinski definition) is 4. The van der Waals surface area contributed by atoms with E-state index in [0.717, 1.165) is 10.0 Å². The summed E-state index contributed by atoms with van der Waals surface area (Å²) in [5, 5.41) is 10.8. The number of pyridine rings is 1. The number of hydrogen-bond donors (Lipinski definition) is 0. The topological polar surface area (TPSA) is 77.5 Å². The average Bonchev–Trinajstić information content (AvgIpc) is 2.85. The molecule has 0 radical (unpaired) electrons. The molecule has 0 amide bonds. The molecule has 0 bridgehead atoms. The maximum atomic E-state index is 11.4. The van der Waals surface area contributed by atoms with Crippen molar-refractivity contribution in [2.24, 2.45) is 0 Å². The standard InChI is InChI=1S/C14H8BrN3O3/c15-10-3-1-9(2-4-10)14-12(8-19)17-7-11(18(20)21)5-6-13(17)16-14/h1-8H. The van der Waals surface area contributed by atoms with Gasteiger partial charge in [-0.3, -0.25) is 19.3 Å².